The van der Waals surface area contributed by atoms with Crippen LogP contribution in [0.4, 0.5) is 5.69 Å². The van der Waals surface area contributed by atoms with Crippen LogP contribution in [0.2, 0.25) is 0 Å². The van der Waals surface area contributed by atoms with Gasteiger partial charge in [-0.25, -0.2) is 4.98 Å². The number of rotatable bonds is 5. The van der Waals surface area contributed by atoms with Crippen LogP contribution in [0.1, 0.15) is 32.6 Å². The van der Waals surface area contributed by atoms with Crippen molar-refractivity contribution in [3.8, 4) is 17.0 Å². The number of thiazole rings is 1. The van der Waals surface area contributed by atoms with E-state index in [1.807, 2.05) is 41.8 Å². The molecule has 0 fully saturated rings. The third-order valence-electron chi connectivity index (χ3n) is 4.70. The Bertz CT molecular complexity index is 1200. The van der Waals surface area contributed by atoms with Gasteiger partial charge in [0, 0.05) is 28.7 Å². The van der Waals surface area contributed by atoms with E-state index >= 15 is 0 Å². The smallest absolute Gasteiger partial charge is 0.267 e. The molecule has 0 aliphatic heterocycles. The van der Waals surface area contributed by atoms with E-state index in [0.29, 0.717) is 16.1 Å². The normalized spacial score (nSPS) is 10.9. The lowest BCUT2D eigenvalue weighted by atomic mass is 10.1. The molecule has 1 amide bonds. The minimum atomic E-state index is -0.195. The number of methoxy groups -OCH3 is 1. The molecule has 0 saturated heterocycles. The van der Waals surface area contributed by atoms with Crippen LogP contribution >= 0.6 is 11.3 Å². The van der Waals surface area contributed by atoms with Crippen LogP contribution in [0.15, 0.2) is 54.7 Å². The summed E-state index contributed by atoms with van der Waals surface area (Å²) in [5.74, 6) is 0.590. The fraction of sp³-hybridized carbons (Fsp3) is 0.136. The van der Waals surface area contributed by atoms with Crippen LogP contribution in [-0.2, 0) is 0 Å². The Morgan fingerprint density at radius 1 is 1.07 bits per heavy atom. The van der Waals surface area contributed by atoms with Gasteiger partial charge in [0.05, 0.1) is 12.8 Å². The topological polar surface area (TPSA) is 72.7 Å². The van der Waals surface area contributed by atoms with Crippen molar-refractivity contribution < 1.29 is 14.3 Å². The van der Waals surface area contributed by atoms with E-state index in [0.717, 1.165) is 27.7 Å². The molecule has 7 heteroatoms. The fourth-order valence-corrected chi connectivity index (χ4v) is 4.04. The molecule has 146 valence electrons. The van der Waals surface area contributed by atoms with Gasteiger partial charge in [0.1, 0.15) is 10.6 Å². The molecule has 0 aliphatic carbocycles. The molecule has 2 aromatic heterocycles. The lowest BCUT2D eigenvalue weighted by Gasteiger charge is -2.05. The molecule has 6 nitrogen and oxygen atoms in total. The number of amides is 1. The van der Waals surface area contributed by atoms with E-state index in [1.54, 1.807) is 31.4 Å². The number of nitrogens with zero attached hydrogens (tertiary/aromatic N) is 2. The fourth-order valence-electron chi connectivity index (χ4n) is 3.04. The highest BCUT2D eigenvalue weighted by Gasteiger charge is 2.18. The van der Waals surface area contributed by atoms with E-state index in [-0.39, 0.29) is 11.7 Å². The molecule has 0 saturated carbocycles. The molecule has 0 spiro atoms. The van der Waals surface area contributed by atoms with Crippen LogP contribution in [0, 0.1) is 6.92 Å². The molecular weight excluding hydrogens is 386 g/mol. The Kier molecular flexibility index (Phi) is 4.90. The number of aromatic nitrogens is 2. The quantitative estimate of drug-likeness (QED) is 0.483. The van der Waals surface area contributed by atoms with E-state index in [1.165, 1.54) is 18.3 Å². The molecule has 29 heavy (non-hydrogen) atoms. The summed E-state index contributed by atoms with van der Waals surface area (Å²) in [5, 5.41) is 2.88. The molecule has 2 aromatic carbocycles. The van der Waals surface area contributed by atoms with Crippen LogP contribution in [0.3, 0.4) is 0 Å². The van der Waals surface area contributed by atoms with Crippen molar-refractivity contribution in [2.75, 3.05) is 12.4 Å². The SMILES string of the molecule is COc1ccc(-c2cn3c(C)c(C(=O)Nc4ccc(C(C)=O)cc4)sc3n2)cc1. The van der Waals surface area contributed by atoms with Crippen molar-refractivity contribution in [1.82, 2.24) is 9.38 Å². The standard InChI is InChI=1S/C22H19N3O3S/c1-13-20(21(27)23-17-8-4-15(5-9-17)14(2)26)29-22-24-19(12-25(13)22)16-6-10-18(28-3)11-7-16/h4-12H,1-3H3,(H,23,27). The minimum Gasteiger partial charge on any atom is -0.497 e. The Hall–Kier alpha value is -3.45. The molecule has 0 radical (unpaired) electrons. The zero-order chi connectivity index (χ0) is 20.5. The van der Waals surface area contributed by atoms with Crippen molar-refractivity contribution in [1.29, 1.82) is 0 Å². The molecule has 1 N–H and O–H groups in total. The van der Waals surface area contributed by atoms with Crippen LogP contribution < -0.4 is 10.1 Å². The monoisotopic (exact) mass is 405 g/mol. The van der Waals surface area contributed by atoms with Crippen molar-refractivity contribution >= 4 is 33.7 Å². The number of hydrogen-bond acceptors (Lipinski definition) is 5. The maximum absolute atomic E-state index is 12.7. The third-order valence-corrected chi connectivity index (χ3v) is 5.85. The van der Waals surface area contributed by atoms with E-state index in [4.69, 9.17) is 4.74 Å². The summed E-state index contributed by atoms with van der Waals surface area (Å²) >= 11 is 1.34. The number of fused-ring (bicyclic) bond motifs is 1. The van der Waals surface area contributed by atoms with Gasteiger partial charge in [0.15, 0.2) is 10.7 Å². The second-order valence-corrected chi connectivity index (χ2v) is 7.59. The third kappa shape index (κ3) is 3.64. The van der Waals surface area contributed by atoms with Gasteiger partial charge in [-0.05, 0) is 62.4 Å². The van der Waals surface area contributed by atoms with Gasteiger partial charge in [0.25, 0.3) is 5.91 Å². The summed E-state index contributed by atoms with van der Waals surface area (Å²) in [5.41, 5.74) is 3.91. The second kappa shape index (κ2) is 7.52. The molecule has 4 rings (SSSR count). The van der Waals surface area contributed by atoms with Crippen molar-refractivity contribution in [3.63, 3.8) is 0 Å². The predicted molar refractivity (Wildman–Crippen MR) is 114 cm³/mol. The first-order valence-corrected chi connectivity index (χ1v) is 9.83. The maximum Gasteiger partial charge on any atom is 0.267 e. The number of carbonyl (C=O) groups is 2. The van der Waals surface area contributed by atoms with Gasteiger partial charge >= 0.3 is 0 Å². The second-order valence-electron chi connectivity index (χ2n) is 6.61. The summed E-state index contributed by atoms with van der Waals surface area (Å²) < 4.78 is 7.12. The lowest BCUT2D eigenvalue weighted by Crippen LogP contribution is -2.12. The average Bonchev–Trinajstić information content (AvgIpc) is 3.28. The predicted octanol–water partition coefficient (Wildman–Crippen LogP) is 4.83. The molecule has 0 unspecified atom stereocenters. The first kappa shape index (κ1) is 18.9. The highest BCUT2D eigenvalue weighted by Crippen LogP contribution is 2.28. The molecule has 2 heterocycles. The summed E-state index contributed by atoms with van der Waals surface area (Å²) in [6.07, 6.45) is 1.93. The number of nitrogens with one attached hydrogen (secondary N) is 1. The number of ketones is 1. The number of imidazole rings is 1. The number of aryl methyl sites for hydroxylation is 1. The Balaban J connectivity index is 1.57. The maximum atomic E-state index is 12.7. The highest BCUT2D eigenvalue weighted by atomic mass is 32.1. The largest absolute Gasteiger partial charge is 0.497 e. The highest BCUT2D eigenvalue weighted by molar-refractivity contribution is 7.19. The van der Waals surface area contributed by atoms with E-state index in [2.05, 4.69) is 10.3 Å². The number of Topliss-reactive ketones (excluding diaryl/α,β-unsaturated/α-hetero) is 1. The number of anilines is 1. The summed E-state index contributed by atoms with van der Waals surface area (Å²) in [6.45, 7) is 3.41. The Morgan fingerprint density at radius 3 is 2.34 bits per heavy atom. The van der Waals surface area contributed by atoms with Crippen LogP contribution in [0.25, 0.3) is 16.2 Å². The average molecular weight is 405 g/mol. The van der Waals surface area contributed by atoms with Crippen LogP contribution in [0.5, 0.6) is 5.75 Å². The molecule has 0 atom stereocenters. The number of benzene rings is 2. The van der Waals surface area contributed by atoms with Crippen molar-refractivity contribution in [3.05, 3.63) is 70.9 Å². The Labute approximate surface area is 171 Å². The Morgan fingerprint density at radius 2 is 1.76 bits per heavy atom. The summed E-state index contributed by atoms with van der Waals surface area (Å²) in [7, 11) is 1.63. The molecular formula is C22H19N3O3S. The van der Waals surface area contributed by atoms with E-state index < -0.39 is 0 Å². The summed E-state index contributed by atoms with van der Waals surface area (Å²) in [6, 6.07) is 14.6. The lowest BCUT2D eigenvalue weighted by molar-refractivity contribution is 0.101. The van der Waals surface area contributed by atoms with Crippen LogP contribution in [-0.4, -0.2) is 28.2 Å². The zero-order valence-corrected chi connectivity index (χ0v) is 17.0. The molecule has 0 aliphatic rings. The van der Waals surface area contributed by atoms with E-state index in [9.17, 15) is 9.59 Å². The number of carbonyl (C=O) groups excluding carboxylic acids is 2. The van der Waals surface area contributed by atoms with Crippen molar-refractivity contribution in [2.24, 2.45) is 0 Å². The van der Waals surface area contributed by atoms with Crippen molar-refractivity contribution in [2.45, 2.75) is 13.8 Å². The first-order chi connectivity index (χ1) is 14.0. The summed E-state index contributed by atoms with van der Waals surface area (Å²) in [4.78, 5) is 30.1. The van der Waals surface area contributed by atoms with Gasteiger partial charge in [0.2, 0.25) is 0 Å². The van der Waals surface area contributed by atoms with Gasteiger partial charge < -0.3 is 10.1 Å². The number of ether oxygens (including phenoxy) is 1. The van der Waals surface area contributed by atoms with Gasteiger partial charge in [-0.2, -0.15) is 0 Å². The number of hydrogen-bond donors (Lipinski definition) is 1. The molecule has 0 bridgehead atoms. The molecule has 4 aromatic rings. The van der Waals surface area contributed by atoms with Gasteiger partial charge in [-0.3, -0.25) is 14.0 Å². The van der Waals surface area contributed by atoms with Gasteiger partial charge in [-0.1, -0.05) is 11.3 Å². The van der Waals surface area contributed by atoms with Gasteiger partial charge in [-0.15, -0.1) is 0 Å². The zero-order valence-electron chi connectivity index (χ0n) is 16.2. The minimum absolute atomic E-state index is 0.00846. The first-order valence-electron chi connectivity index (χ1n) is 9.01.